The molecular formula is C24H26FN7O2. The van der Waals surface area contributed by atoms with Crippen LogP contribution in [0.4, 0.5) is 26.8 Å². The van der Waals surface area contributed by atoms with Crippen LogP contribution in [0.5, 0.6) is 0 Å². The number of amides is 3. The zero-order valence-electron chi connectivity index (χ0n) is 19.0. The van der Waals surface area contributed by atoms with E-state index in [0.717, 1.165) is 22.6 Å². The van der Waals surface area contributed by atoms with Crippen molar-refractivity contribution < 1.29 is 14.0 Å². The van der Waals surface area contributed by atoms with Crippen molar-refractivity contribution in [2.75, 3.05) is 11.1 Å². The van der Waals surface area contributed by atoms with Crippen LogP contribution in [-0.2, 0) is 16.9 Å². The monoisotopic (exact) mass is 463 g/mol. The van der Waals surface area contributed by atoms with Crippen LogP contribution in [0, 0.1) is 12.7 Å². The molecule has 2 heterocycles. The first-order valence-corrected chi connectivity index (χ1v) is 11.1. The number of carbonyl (C=O) groups is 2. The lowest BCUT2D eigenvalue weighted by Crippen LogP contribution is -2.44. The summed E-state index contributed by atoms with van der Waals surface area (Å²) in [5.41, 5.74) is 6.91. The smallest absolute Gasteiger partial charge is 0.325 e. The molecule has 4 N–H and O–H groups in total. The van der Waals surface area contributed by atoms with Crippen LogP contribution in [0.3, 0.4) is 0 Å². The number of hydrogen-bond donors (Lipinski definition) is 3. The van der Waals surface area contributed by atoms with Gasteiger partial charge in [-0.1, -0.05) is 50.1 Å². The Morgan fingerprint density at radius 2 is 1.82 bits per heavy atom. The Bertz CT molecular complexity index is 1220. The number of unbranched alkanes of at least 4 members (excludes halogenated alkanes) is 1. The molecule has 4 rings (SSSR count). The van der Waals surface area contributed by atoms with Gasteiger partial charge >= 0.3 is 6.03 Å². The number of hydrogen-bond acceptors (Lipinski definition) is 7. The largest absolute Gasteiger partial charge is 0.368 e. The fourth-order valence-corrected chi connectivity index (χ4v) is 4.00. The lowest BCUT2D eigenvalue weighted by atomic mass is 9.85. The number of aryl methyl sites for hydroxylation is 1. The van der Waals surface area contributed by atoms with E-state index >= 15 is 0 Å². The number of rotatable bonds is 8. The van der Waals surface area contributed by atoms with Gasteiger partial charge in [0, 0.05) is 5.69 Å². The molecule has 0 radical (unpaired) electrons. The molecule has 3 aromatic rings. The predicted octanol–water partition coefficient (Wildman–Crippen LogP) is 3.78. The summed E-state index contributed by atoms with van der Waals surface area (Å²) < 4.78 is 13.5. The van der Waals surface area contributed by atoms with Gasteiger partial charge in [-0.05, 0) is 42.7 Å². The van der Waals surface area contributed by atoms with Crippen LogP contribution in [0.2, 0.25) is 0 Å². The third-order valence-corrected chi connectivity index (χ3v) is 5.81. The summed E-state index contributed by atoms with van der Waals surface area (Å²) >= 11 is 0. The second kappa shape index (κ2) is 9.42. The quantitative estimate of drug-likeness (QED) is 0.434. The van der Waals surface area contributed by atoms with Crippen molar-refractivity contribution in [1.29, 1.82) is 0 Å². The second-order valence-electron chi connectivity index (χ2n) is 8.21. The van der Waals surface area contributed by atoms with Crippen LogP contribution in [0.15, 0.2) is 48.5 Å². The molecule has 3 amide bonds. The lowest BCUT2D eigenvalue weighted by molar-refractivity contribution is -0.132. The van der Waals surface area contributed by atoms with Crippen LogP contribution < -0.4 is 16.4 Å². The summed E-state index contributed by atoms with van der Waals surface area (Å²) in [5, 5.41) is 5.93. The molecule has 1 aromatic heterocycles. The average Bonchev–Trinajstić information content (AvgIpc) is 3.04. The van der Waals surface area contributed by atoms with Gasteiger partial charge in [0.05, 0.1) is 6.54 Å². The molecule has 2 aromatic carbocycles. The number of nitrogen functional groups attached to an aromatic ring is 1. The van der Waals surface area contributed by atoms with Crippen LogP contribution in [0.1, 0.15) is 43.1 Å². The highest BCUT2D eigenvalue weighted by Gasteiger charge is 2.52. The molecule has 0 bridgehead atoms. The molecule has 0 unspecified atom stereocenters. The zero-order valence-corrected chi connectivity index (χ0v) is 19.0. The third kappa shape index (κ3) is 4.52. The average molecular weight is 464 g/mol. The number of halogens is 1. The minimum atomic E-state index is -1.28. The fraction of sp³-hybridized carbons (Fsp3) is 0.292. The van der Waals surface area contributed by atoms with E-state index in [4.69, 9.17) is 5.73 Å². The first-order valence-electron chi connectivity index (χ1n) is 11.1. The molecule has 1 atom stereocenters. The minimum Gasteiger partial charge on any atom is -0.368 e. The first-order chi connectivity index (χ1) is 16.3. The Morgan fingerprint density at radius 3 is 2.53 bits per heavy atom. The topological polar surface area (TPSA) is 126 Å². The molecule has 1 fully saturated rings. The van der Waals surface area contributed by atoms with Crippen molar-refractivity contribution in [3.05, 3.63) is 71.3 Å². The van der Waals surface area contributed by atoms with Crippen molar-refractivity contribution in [2.24, 2.45) is 0 Å². The standard InChI is InChI=1S/C24H26FN7O2/c1-3-4-13-24(16-9-11-17(25)12-10-16)20(33)32(23(34)31-24)14-19-28-21(26)30-22(29-19)27-18-8-6-5-7-15(18)2/h5-12H,3-4,13-14H2,1-2H3,(H,31,34)(H3,26,27,28,29,30)/t24-/m0/s1. The van der Waals surface area contributed by atoms with Gasteiger partial charge in [0.1, 0.15) is 11.4 Å². The Labute approximate surface area is 196 Å². The van der Waals surface area contributed by atoms with Crippen molar-refractivity contribution >= 4 is 29.5 Å². The van der Waals surface area contributed by atoms with Gasteiger partial charge in [0.25, 0.3) is 5.91 Å². The number of urea groups is 1. The van der Waals surface area contributed by atoms with Gasteiger partial charge in [-0.25, -0.2) is 9.18 Å². The minimum absolute atomic E-state index is 0.0380. The molecule has 1 aliphatic rings. The van der Waals surface area contributed by atoms with Gasteiger partial charge in [-0.3, -0.25) is 9.69 Å². The van der Waals surface area contributed by atoms with E-state index in [-0.39, 0.29) is 24.3 Å². The summed E-state index contributed by atoms with van der Waals surface area (Å²) in [5.74, 6) is -0.525. The Balaban J connectivity index is 1.62. The van der Waals surface area contributed by atoms with Gasteiger partial charge < -0.3 is 16.4 Å². The van der Waals surface area contributed by atoms with Crippen LogP contribution in [-0.4, -0.2) is 31.8 Å². The molecule has 10 heteroatoms. The number of nitrogens with two attached hydrogens (primary N) is 1. The molecule has 0 spiro atoms. The molecule has 0 aliphatic carbocycles. The number of carbonyl (C=O) groups excluding carboxylic acids is 2. The maximum absolute atomic E-state index is 13.6. The van der Waals surface area contributed by atoms with Gasteiger partial charge in [-0.2, -0.15) is 15.0 Å². The summed E-state index contributed by atoms with van der Waals surface area (Å²) in [7, 11) is 0. The van der Waals surface area contributed by atoms with E-state index in [1.165, 1.54) is 24.3 Å². The molecule has 0 saturated carbocycles. The number of aromatic nitrogens is 3. The Hall–Kier alpha value is -4.08. The molecule has 1 saturated heterocycles. The normalized spacial score (nSPS) is 17.7. The number of nitrogens with zero attached hydrogens (tertiary/aromatic N) is 4. The van der Waals surface area contributed by atoms with Crippen molar-refractivity contribution in [3.63, 3.8) is 0 Å². The second-order valence-corrected chi connectivity index (χ2v) is 8.21. The van der Waals surface area contributed by atoms with E-state index in [1.807, 2.05) is 38.1 Å². The number of para-hydroxylation sites is 1. The van der Waals surface area contributed by atoms with E-state index in [1.54, 1.807) is 0 Å². The van der Waals surface area contributed by atoms with Gasteiger partial charge in [0.2, 0.25) is 11.9 Å². The van der Waals surface area contributed by atoms with E-state index in [2.05, 4.69) is 25.6 Å². The van der Waals surface area contributed by atoms with Crippen LogP contribution in [0.25, 0.3) is 0 Å². The fourth-order valence-electron chi connectivity index (χ4n) is 4.00. The SMILES string of the molecule is CCCC[C@@]1(c2ccc(F)cc2)NC(=O)N(Cc2nc(N)nc(Nc3ccccc3C)n2)C1=O. The van der Waals surface area contributed by atoms with Gasteiger partial charge in [-0.15, -0.1) is 0 Å². The molecule has 34 heavy (non-hydrogen) atoms. The molecule has 9 nitrogen and oxygen atoms in total. The third-order valence-electron chi connectivity index (χ3n) is 5.81. The van der Waals surface area contributed by atoms with E-state index in [9.17, 15) is 14.0 Å². The highest BCUT2D eigenvalue weighted by atomic mass is 19.1. The first kappa shape index (κ1) is 23.1. The Kier molecular flexibility index (Phi) is 6.40. The number of benzene rings is 2. The van der Waals surface area contributed by atoms with Crippen molar-refractivity contribution in [1.82, 2.24) is 25.2 Å². The number of nitrogens with one attached hydrogen (secondary N) is 2. The highest BCUT2D eigenvalue weighted by molar-refractivity contribution is 6.07. The Morgan fingerprint density at radius 1 is 1.09 bits per heavy atom. The van der Waals surface area contributed by atoms with Crippen LogP contribution >= 0.6 is 0 Å². The summed E-state index contributed by atoms with van der Waals surface area (Å²) in [6.45, 7) is 3.75. The number of anilines is 3. The van der Waals surface area contributed by atoms with E-state index in [0.29, 0.717) is 18.4 Å². The highest BCUT2D eigenvalue weighted by Crippen LogP contribution is 2.35. The van der Waals surface area contributed by atoms with Gasteiger partial charge in [0.15, 0.2) is 5.82 Å². The van der Waals surface area contributed by atoms with Crippen molar-refractivity contribution in [3.8, 4) is 0 Å². The van der Waals surface area contributed by atoms with E-state index < -0.39 is 23.3 Å². The zero-order chi connectivity index (χ0) is 24.3. The predicted molar refractivity (Wildman–Crippen MR) is 125 cm³/mol. The molecule has 1 aliphatic heterocycles. The molecular weight excluding hydrogens is 437 g/mol. The summed E-state index contributed by atoms with van der Waals surface area (Å²) in [6, 6.07) is 12.6. The number of imide groups is 1. The lowest BCUT2D eigenvalue weighted by Gasteiger charge is -2.27. The summed E-state index contributed by atoms with van der Waals surface area (Å²) in [6.07, 6.45) is 1.90. The maximum atomic E-state index is 13.6. The molecule has 176 valence electrons. The van der Waals surface area contributed by atoms with Crippen molar-refractivity contribution in [2.45, 2.75) is 45.2 Å². The summed E-state index contributed by atoms with van der Waals surface area (Å²) in [4.78, 5) is 40.1. The maximum Gasteiger partial charge on any atom is 0.325 e.